The highest BCUT2D eigenvalue weighted by atomic mass is 35.5. The molecule has 1 aromatic carbocycles. The van der Waals surface area contributed by atoms with Crippen molar-refractivity contribution in [3.63, 3.8) is 0 Å². The van der Waals surface area contributed by atoms with Gasteiger partial charge in [-0.2, -0.15) is 0 Å². The van der Waals surface area contributed by atoms with Gasteiger partial charge in [0.25, 0.3) is 0 Å². The molecule has 7 heteroatoms. The number of methoxy groups -OCH3 is 1. The standard InChI is InChI=1S/C15H17ClN2O4/c1-21-13-5-4-10(6-12(13)16)18-8-11(22-15(18)20)7-17-14(19)9-2-3-9/h4-6,9,11H,2-3,7-8H2,1H3,(H,17,19). The predicted molar refractivity (Wildman–Crippen MR) is 81.4 cm³/mol. The molecule has 1 saturated carbocycles. The first-order chi connectivity index (χ1) is 10.6. The summed E-state index contributed by atoms with van der Waals surface area (Å²) in [7, 11) is 1.53. The number of ether oxygens (including phenoxy) is 2. The highest BCUT2D eigenvalue weighted by Gasteiger charge is 2.34. The lowest BCUT2D eigenvalue weighted by atomic mass is 10.2. The zero-order chi connectivity index (χ0) is 15.7. The topological polar surface area (TPSA) is 67.9 Å². The molecule has 0 aromatic heterocycles. The van der Waals surface area contributed by atoms with E-state index in [0.717, 1.165) is 12.8 Å². The third-order valence-electron chi connectivity index (χ3n) is 3.77. The average Bonchev–Trinajstić information content (AvgIpc) is 3.28. The molecule has 1 aliphatic heterocycles. The van der Waals surface area contributed by atoms with Gasteiger partial charge in [0.2, 0.25) is 5.91 Å². The molecule has 22 heavy (non-hydrogen) atoms. The smallest absolute Gasteiger partial charge is 0.414 e. The first-order valence-corrected chi connectivity index (χ1v) is 7.55. The molecule has 3 rings (SSSR count). The summed E-state index contributed by atoms with van der Waals surface area (Å²) in [5, 5.41) is 3.25. The van der Waals surface area contributed by atoms with Gasteiger partial charge < -0.3 is 14.8 Å². The number of amides is 2. The Bertz CT molecular complexity index is 603. The Balaban J connectivity index is 1.61. The molecular weight excluding hydrogens is 308 g/mol. The van der Waals surface area contributed by atoms with Crippen molar-refractivity contribution < 1.29 is 19.1 Å². The second kappa shape index (κ2) is 6.04. The van der Waals surface area contributed by atoms with Crippen LogP contribution in [0, 0.1) is 5.92 Å². The molecule has 1 N–H and O–H groups in total. The Morgan fingerprint density at radius 1 is 1.50 bits per heavy atom. The molecule has 1 heterocycles. The fraction of sp³-hybridized carbons (Fsp3) is 0.467. The van der Waals surface area contributed by atoms with Crippen LogP contribution in [-0.4, -0.2) is 38.3 Å². The van der Waals surface area contributed by atoms with Gasteiger partial charge in [-0.15, -0.1) is 0 Å². The van der Waals surface area contributed by atoms with Crippen molar-refractivity contribution in [3.8, 4) is 5.75 Å². The van der Waals surface area contributed by atoms with Crippen LogP contribution in [0.15, 0.2) is 18.2 Å². The molecule has 1 saturated heterocycles. The minimum Gasteiger partial charge on any atom is -0.495 e. The van der Waals surface area contributed by atoms with Crippen LogP contribution >= 0.6 is 11.6 Å². The number of benzene rings is 1. The lowest BCUT2D eigenvalue weighted by Gasteiger charge is -2.14. The molecule has 0 spiro atoms. The largest absolute Gasteiger partial charge is 0.495 e. The number of nitrogens with zero attached hydrogens (tertiary/aromatic N) is 1. The number of anilines is 1. The molecule has 1 unspecified atom stereocenters. The van der Waals surface area contributed by atoms with Crippen LogP contribution in [-0.2, 0) is 9.53 Å². The van der Waals surface area contributed by atoms with Crippen LogP contribution < -0.4 is 15.0 Å². The van der Waals surface area contributed by atoms with Crippen molar-refractivity contribution in [2.24, 2.45) is 5.92 Å². The minimum atomic E-state index is -0.438. The normalized spacial score (nSPS) is 20.7. The van der Waals surface area contributed by atoms with E-state index in [1.165, 1.54) is 12.0 Å². The highest BCUT2D eigenvalue weighted by Crippen LogP contribution is 2.31. The van der Waals surface area contributed by atoms with Crippen LogP contribution in [0.1, 0.15) is 12.8 Å². The van der Waals surface area contributed by atoms with Gasteiger partial charge in [0.15, 0.2) is 0 Å². The lowest BCUT2D eigenvalue weighted by molar-refractivity contribution is -0.122. The maximum atomic E-state index is 12.0. The van der Waals surface area contributed by atoms with Crippen LogP contribution in [0.4, 0.5) is 10.5 Å². The number of halogens is 1. The van der Waals surface area contributed by atoms with Crippen molar-refractivity contribution in [3.05, 3.63) is 23.2 Å². The molecule has 2 amide bonds. The Morgan fingerprint density at radius 2 is 2.27 bits per heavy atom. The number of nitrogens with one attached hydrogen (secondary N) is 1. The maximum absolute atomic E-state index is 12.0. The molecule has 1 atom stereocenters. The van der Waals surface area contributed by atoms with Crippen molar-refractivity contribution in [1.29, 1.82) is 0 Å². The van der Waals surface area contributed by atoms with E-state index in [2.05, 4.69) is 5.32 Å². The molecule has 2 fully saturated rings. The molecule has 1 aromatic rings. The summed E-state index contributed by atoms with van der Waals surface area (Å²) in [6.45, 7) is 0.716. The van der Waals surface area contributed by atoms with Crippen molar-refractivity contribution in [2.75, 3.05) is 25.1 Å². The van der Waals surface area contributed by atoms with Gasteiger partial charge in [-0.3, -0.25) is 9.69 Å². The Morgan fingerprint density at radius 3 is 2.91 bits per heavy atom. The average molecular weight is 325 g/mol. The third-order valence-corrected chi connectivity index (χ3v) is 4.07. The van der Waals surface area contributed by atoms with Crippen molar-refractivity contribution in [1.82, 2.24) is 5.32 Å². The number of hydrogen-bond donors (Lipinski definition) is 1. The van der Waals surface area contributed by atoms with E-state index in [-0.39, 0.29) is 17.9 Å². The zero-order valence-corrected chi connectivity index (χ0v) is 12.9. The molecule has 2 aliphatic rings. The van der Waals surface area contributed by atoms with E-state index in [9.17, 15) is 9.59 Å². The van der Waals surface area contributed by atoms with Crippen LogP contribution in [0.5, 0.6) is 5.75 Å². The summed E-state index contributed by atoms with van der Waals surface area (Å²) >= 11 is 6.08. The van der Waals surface area contributed by atoms with E-state index in [4.69, 9.17) is 21.1 Å². The Labute approximate surface area is 133 Å². The molecule has 6 nitrogen and oxygen atoms in total. The SMILES string of the molecule is COc1ccc(N2CC(CNC(=O)C3CC3)OC2=O)cc1Cl. The minimum absolute atomic E-state index is 0.0435. The van der Waals surface area contributed by atoms with Crippen LogP contribution in [0.2, 0.25) is 5.02 Å². The van der Waals surface area contributed by atoms with Crippen molar-refractivity contribution in [2.45, 2.75) is 18.9 Å². The van der Waals surface area contributed by atoms with E-state index >= 15 is 0 Å². The van der Waals surface area contributed by atoms with Gasteiger partial charge in [0, 0.05) is 11.6 Å². The fourth-order valence-electron chi connectivity index (χ4n) is 2.37. The highest BCUT2D eigenvalue weighted by molar-refractivity contribution is 6.32. The molecule has 0 bridgehead atoms. The summed E-state index contributed by atoms with van der Waals surface area (Å²) in [5.41, 5.74) is 0.645. The van der Waals surface area contributed by atoms with E-state index in [1.807, 2.05) is 0 Å². The van der Waals surface area contributed by atoms with Gasteiger partial charge in [0.1, 0.15) is 11.9 Å². The first kappa shape index (κ1) is 15.0. The Kier molecular flexibility index (Phi) is 4.11. The molecule has 0 radical (unpaired) electrons. The van der Waals surface area contributed by atoms with E-state index < -0.39 is 6.09 Å². The predicted octanol–water partition coefficient (Wildman–Crippen LogP) is 2.20. The summed E-state index contributed by atoms with van der Waals surface area (Å²) in [6.07, 6.45) is 1.11. The van der Waals surface area contributed by atoms with Gasteiger partial charge in [0.05, 0.1) is 25.2 Å². The lowest BCUT2D eigenvalue weighted by Crippen LogP contribution is -2.35. The zero-order valence-electron chi connectivity index (χ0n) is 12.2. The fourth-order valence-corrected chi connectivity index (χ4v) is 2.62. The van der Waals surface area contributed by atoms with Crippen LogP contribution in [0.3, 0.4) is 0 Å². The summed E-state index contributed by atoms with van der Waals surface area (Å²) in [6, 6.07) is 5.11. The summed E-state index contributed by atoms with van der Waals surface area (Å²) < 4.78 is 10.4. The maximum Gasteiger partial charge on any atom is 0.414 e. The Hall–Kier alpha value is -1.95. The number of carbonyl (C=O) groups is 2. The second-order valence-electron chi connectivity index (χ2n) is 5.45. The second-order valence-corrected chi connectivity index (χ2v) is 5.86. The quantitative estimate of drug-likeness (QED) is 0.901. The number of hydrogen-bond acceptors (Lipinski definition) is 4. The number of carbonyl (C=O) groups excluding carboxylic acids is 2. The number of rotatable bonds is 5. The van der Waals surface area contributed by atoms with Crippen molar-refractivity contribution >= 4 is 29.3 Å². The summed E-state index contributed by atoms with van der Waals surface area (Å²) in [5.74, 6) is 0.738. The van der Waals surface area contributed by atoms with E-state index in [1.54, 1.807) is 18.2 Å². The molecular formula is C15H17ClN2O4. The third kappa shape index (κ3) is 3.11. The number of cyclic esters (lactones) is 1. The van der Waals surface area contributed by atoms with Gasteiger partial charge in [-0.1, -0.05) is 11.6 Å². The van der Waals surface area contributed by atoms with Gasteiger partial charge in [-0.05, 0) is 31.0 Å². The molecule has 118 valence electrons. The summed E-state index contributed by atoms with van der Waals surface area (Å²) in [4.78, 5) is 25.1. The van der Waals surface area contributed by atoms with Gasteiger partial charge in [-0.25, -0.2) is 4.79 Å². The monoisotopic (exact) mass is 324 g/mol. The van der Waals surface area contributed by atoms with E-state index in [0.29, 0.717) is 29.5 Å². The first-order valence-electron chi connectivity index (χ1n) is 7.18. The molecule has 1 aliphatic carbocycles. The van der Waals surface area contributed by atoms with Crippen LogP contribution in [0.25, 0.3) is 0 Å². The van der Waals surface area contributed by atoms with Gasteiger partial charge >= 0.3 is 6.09 Å².